The average Bonchev–Trinajstić information content (AvgIpc) is 3.38. The number of nitrogens with two attached hydrogens (primary N) is 1. The lowest BCUT2D eigenvalue weighted by Gasteiger charge is -2.12. The standard InChI is InChI=1S/C43H32N3/c1-3-29(25-44)35-20-21-36(39-13-7-6-12-38(35)39)33-15-18-40-41-19-16-32-23-31(34-26-45-27-34)14-17-37(32)43(41)46(42(40)24-33)22-8-11-30-10-5-4-9-28(30)2/h3-27H,1,44H2,2H3/q+1/b11-8-,29-25+,46-22?. The second-order valence-electron chi connectivity index (χ2n) is 11.8. The van der Waals surface area contributed by atoms with Gasteiger partial charge in [0.25, 0.3) is 0 Å². The molecule has 2 aliphatic heterocycles. The highest BCUT2D eigenvalue weighted by Crippen LogP contribution is 2.50. The Bertz CT molecular complexity index is 2400. The summed E-state index contributed by atoms with van der Waals surface area (Å²) >= 11 is 0. The second kappa shape index (κ2) is 11.1. The molecule has 0 saturated heterocycles. The summed E-state index contributed by atoms with van der Waals surface area (Å²) in [5, 5.41) is 4.76. The quantitative estimate of drug-likeness (QED) is 0.152. The molecule has 0 unspecified atom stereocenters. The number of aryl methyl sites for hydroxylation is 1. The van der Waals surface area contributed by atoms with Crippen LogP contribution in [0, 0.1) is 6.92 Å². The van der Waals surface area contributed by atoms with Gasteiger partial charge in [-0.05, 0) is 92.4 Å². The first-order valence-corrected chi connectivity index (χ1v) is 15.5. The molecule has 0 saturated carbocycles. The van der Waals surface area contributed by atoms with Gasteiger partial charge in [0.15, 0.2) is 6.21 Å². The van der Waals surface area contributed by atoms with Crippen molar-refractivity contribution in [3.8, 4) is 22.3 Å². The van der Waals surface area contributed by atoms with Crippen LogP contribution in [0.4, 0.5) is 11.4 Å². The van der Waals surface area contributed by atoms with E-state index >= 15 is 0 Å². The van der Waals surface area contributed by atoms with Crippen LogP contribution >= 0.6 is 0 Å². The van der Waals surface area contributed by atoms with Crippen molar-refractivity contribution in [2.75, 3.05) is 0 Å². The van der Waals surface area contributed by atoms with Gasteiger partial charge in [-0.15, -0.1) is 0 Å². The fourth-order valence-corrected chi connectivity index (χ4v) is 6.75. The van der Waals surface area contributed by atoms with E-state index in [1.54, 1.807) is 6.20 Å². The summed E-state index contributed by atoms with van der Waals surface area (Å²) in [6.07, 6.45) is 13.8. The molecule has 2 aliphatic rings. The number of nitrogens with zero attached hydrogens (tertiary/aromatic N) is 2. The van der Waals surface area contributed by atoms with Crippen molar-refractivity contribution in [2.24, 2.45) is 10.7 Å². The second-order valence-corrected chi connectivity index (χ2v) is 11.8. The molecule has 0 amide bonds. The molecule has 3 heteroatoms. The Labute approximate surface area is 269 Å². The summed E-state index contributed by atoms with van der Waals surface area (Å²) < 4.78 is 2.36. The molecule has 2 heterocycles. The van der Waals surface area contributed by atoms with Crippen molar-refractivity contribution in [2.45, 2.75) is 6.92 Å². The molecular weight excluding hydrogens is 558 g/mol. The number of rotatable bonds is 6. The molecular formula is C43H32N3+. The Kier molecular flexibility index (Phi) is 6.66. The normalized spacial score (nSPS) is 14.5. The van der Waals surface area contributed by atoms with Crippen LogP contribution in [-0.2, 0) is 0 Å². The van der Waals surface area contributed by atoms with Gasteiger partial charge in [0.2, 0.25) is 11.4 Å². The molecule has 0 bridgehead atoms. The monoisotopic (exact) mass is 590 g/mol. The van der Waals surface area contributed by atoms with Crippen LogP contribution in [0.25, 0.3) is 61.0 Å². The third kappa shape index (κ3) is 4.44. The van der Waals surface area contributed by atoms with Gasteiger partial charge in [0.1, 0.15) is 0 Å². The van der Waals surface area contributed by atoms with Crippen LogP contribution in [0.15, 0.2) is 145 Å². The topological polar surface area (TPSA) is 41.4 Å². The van der Waals surface area contributed by atoms with Gasteiger partial charge in [-0.25, -0.2) is 0 Å². The zero-order valence-electron chi connectivity index (χ0n) is 25.6. The van der Waals surface area contributed by atoms with Crippen LogP contribution in [-0.4, -0.2) is 12.4 Å². The fourth-order valence-electron chi connectivity index (χ4n) is 6.75. The predicted octanol–water partition coefficient (Wildman–Crippen LogP) is 10.5. The third-order valence-electron chi connectivity index (χ3n) is 9.19. The van der Waals surface area contributed by atoms with E-state index in [0.29, 0.717) is 0 Å². The predicted molar refractivity (Wildman–Crippen MR) is 199 cm³/mol. The maximum Gasteiger partial charge on any atom is 0.227 e. The third-order valence-corrected chi connectivity index (χ3v) is 9.19. The molecule has 46 heavy (non-hydrogen) atoms. The molecule has 0 fully saturated rings. The van der Waals surface area contributed by atoms with E-state index in [4.69, 9.17) is 5.73 Å². The summed E-state index contributed by atoms with van der Waals surface area (Å²) in [4.78, 5) is 4.17. The van der Waals surface area contributed by atoms with E-state index < -0.39 is 0 Å². The number of hydrogen-bond acceptors (Lipinski definition) is 2. The van der Waals surface area contributed by atoms with Gasteiger partial charge in [0, 0.05) is 36.3 Å². The van der Waals surface area contributed by atoms with E-state index in [9.17, 15) is 0 Å². The lowest BCUT2D eigenvalue weighted by Crippen LogP contribution is -2.02. The molecule has 6 aromatic rings. The molecule has 0 atom stereocenters. The maximum atomic E-state index is 5.98. The highest BCUT2D eigenvalue weighted by Gasteiger charge is 2.34. The van der Waals surface area contributed by atoms with Gasteiger partial charge in [0.05, 0.1) is 16.5 Å². The van der Waals surface area contributed by atoms with Crippen LogP contribution in [0.5, 0.6) is 0 Å². The Morgan fingerprint density at radius 1 is 0.761 bits per heavy atom. The van der Waals surface area contributed by atoms with E-state index in [-0.39, 0.29) is 0 Å². The first-order valence-electron chi connectivity index (χ1n) is 15.5. The Hall–Kier alpha value is -6.06. The summed E-state index contributed by atoms with van der Waals surface area (Å²) in [6.45, 7) is 6.13. The van der Waals surface area contributed by atoms with E-state index in [0.717, 1.165) is 27.8 Å². The number of hydrogen-bond donors (Lipinski definition) is 1. The molecule has 8 rings (SSSR count). The molecule has 218 valence electrons. The molecule has 3 nitrogen and oxygen atoms in total. The van der Waals surface area contributed by atoms with Gasteiger partial charge in [-0.2, -0.15) is 4.58 Å². The van der Waals surface area contributed by atoms with Crippen molar-refractivity contribution < 1.29 is 0 Å². The van der Waals surface area contributed by atoms with Crippen molar-refractivity contribution >= 4 is 62.6 Å². The van der Waals surface area contributed by atoms with Gasteiger partial charge in [-0.1, -0.05) is 91.5 Å². The van der Waals surface area contributed by atoms with Crippen LogP contribution in [0.1, 0.15) is 22.3 Å². The van der Waals surface area contributed by atoms with Crippen LogP contribution in [0.3, 0.4) is 0 Å². The first-order chi connectivity index (χ1) is 22.6. The first kappa shape index (κ1) is 27.5. The van der Waals surface area contributed by atoms with Crippen molar-refractivity contribution in [1.82, 2.24) is 4.58 Å². The lowest BCUT2D eigenvalue weighted by molar-refractivity contribution is 1.15. The summed E-state index contributed by atoms with van der Waals surface area (Å²) in [7, 11) is 0. The molecule has 0 radical (unpaired) electrons. The van der Waals surface area contributed by atoms with E-state index in [1.165, 1.54) is 60.8 Å². The Balaban J connectivity index is 1.31. The number of fused-ring (bicyclic) bond motifs is 6. The molecule has 0 aliphatic carbocycles. The van der Waals surface area contributed by atoms with Crippen LogP contribution in [0.2, 0.25) is 0 Å². The van der Waals surface area contributed by atoms with E-state index in [2.05, 4.69) is 151 Å². The largest absolute Gasteiger partial charge is 0.404 e. The number of allylic oxidation sites excluding steroid dienone is 4. The van der Waals surface area contributed by atoms with Crippen molar-refractivity contribution in [1.29, 1.82) is 0 Å². The smallest absolute Gasteiger partial charge is 0.227 e. The van der Waals surface area contributed by atoms with Gasteiger partial charge < -0.3 is 5.73 Å². The molecule has 6 aromatic carbocycles. The Morgan fingerprint density at radius 2 is 1.52 bits per heavy atom. The van der Waals surface area contributed by atoms with Crippen LogP contribution < -0.4 is 10.3 Å². The molecule has 0 aromatic heterocycles. The zero-order chi connectivity index (χ0) is 31.2. The zero-order valence-corrected chi connectivity index (χ0v) is 25.6. The number of benzene rings is 6. The van der Waals surface area contributed by atoms with Crippen molar-refractivity contribution in [3.63, 3.8) is 0 Å². The highest BCUT2D eigenvalue weighted by molar-refractivity contribution is 6.16. The van der Waals surface area contributed by atoms with Crippen molar-refractivity contribution in [3.05, 3.63) is 163 Å². The maximum absolute atomic E-state index is 5.98. The minimum atomic E-state index is 0.921. The summed E-state index contributed by atoms with van der Waals surface area (Å²) in [5.74, 6) is 0. The SMILES string of the molecule is C=C/C(=C\N)c1ccc(-c2ccc3c(c2)[N+](=C/C=C\c2ccccc2C)c2c-3ccc3cc(C4=CN=C4)ccc23)c2ccccc12. The van der Waals surface area contributed by atoms with E-state index in [1.807, 2.05) is 18.5 Å². The minimum absolute atomic E-state index is 0.921. The van der Waals surface area contributed by atoms with Gasteiger partial charge >= 0.3 is 0 Å². The fraction of sp³-hybridized carbons (Fsp3) is 0.0233. The highest BCUT2D eigenvalue weighted by atomic mass is 15.0. The molecule has 0 spiro atoms. The lowest BCUT2D eigenvalue weighted by atomic mass is 9.91. The Morgan fingerprint density at radius 3 is 2.30 bits per heavy atom. The summed E-state index contributed by atoms with van der Waals surface area (Å²) in [6, 6.07) is 39.4. The number of aliphatic imine (C=N–C) groups is 1. The van der Waals surface area contributed by atoms with Gasteiger partial charge in [-0.3, -0.25) is 4.99 Å². The molecule has 2 N–H and O–H groups in total. The summed E-state index contributed by atoms with van der Waals surface area (Å²) in [5.41, 5.74) is 20.0. The average molecular weight is 591 g/mol. The minimum Gasteiger partial charge on any atom is -0.404 e.